The standard InChI is InChI=1S/C14H12N4O2/c15-11-7-9(3-6-12(11)20)14-16-13(17-18-14)8-1-4-10(19)5-2-8/h1-7,19-20H,15H2,(H,16,17,18). The van der Waals surface area contributed by atoms with Crippen molar-refractivity contribution in [3.05, 3.63) is 42.5 Å². The average Bonchev–Trinajstić information content (AvgIpc) is 2.92. The molecule has 100 valence electrons. The molecule has 0 amide bonds. The lowest BCUT2D eigenvalue weighted by Gasteiger charge is -2.00. The third kappa shape index (κ3) is 2.14. The summed E-state index contributed by atoms with van der Waals surface area (Å²) < 4.78 is 0. The summed E-state index contributed by atoms with van der Waals surface area (Å²) in [4.78, 5) is 4.37. The first kappa shape index (κ1) is 12.0. The first-order chi connectivity index (χ1) is 9.63. The van der Waals surface area contributed by atoms with Gasteiger partial charge in [-0.25, -0.2) is 4.98 Å². The fraction of sp³-hybridized carbons (Fsp3) is 0. The van der Waals surface area contributed by atoms with E-state index in [9.17, 15) is 10.2 Å². The Morgan fingerprint density at radius 1 is 0.950 bits per heavy atom. The van der Waals surface area contributed by atoms with Gasteiger partial charge in [0, 0.05) is 11.1 Å². The van der Waals surface area contributed by atoms with Crippen molar-refractivity contribution < 1.29 is 10.2 Å². The van der Waals surface area contributed by atoms with Gasteiger partial charge in [-0.2, -0.15) is 5.10 Å². The van der Waals surface area contributed by atoms with Crippen molar-refractivity contribution in [1.82, 2.24) is 15.2 Å². The summed E-state index contributed by atoms with van der Waals surface area (Å²) in [5.41, 5.74) is 7.45. The van der Waals surface area contributed by atoms with Crippen LogP contribution in [0.15, 0.2) is 42.5 Å². The monoisotopic (exact) mass is 268 g/mol. The van der Waals surface area contributed by atoms with Crippen LogP contribution in [0.25, 0.3) is 22.8 Å². The minimum atomic E-state index is 0.0306. The van der Waals surface area contributed by atoms with Gasteiger partial charge >= 0.3 is 0 Å². The normalized spacial score (nSPS) is 10.6. The van der Waals surface area contributed by atoms with Crippen LogP contribution in [0.4, 0.5) is 5.69 Å². The molecule has 0 aliphatic carbocycles. The number of aromatic nitrogens is 3. The molecule has 1 aromatic heterocycles. The lowest BCUT2D eigenvalue weighted by molar-refractivity contribution is 0.475. The fourth-order valence-corrected chi connectivity index (χ4v) is 1.83. The van der Waals surface area contributed by atoms with E-state index in [1.54, 1.807) is 36.4 Å². The van der Waals surface area contributed by atoms with Gasteiger partial charge in [-0.05, 0) is 42.5 Å². The van der Waals surface area contributed by atoms with Gasteiger partial charge in [0.05, 0.1) is 5.69 Å². The number of phenolic OH excluding ortho intramolecular Hbond substituents is 2. The number of anilines is 1. The minimum absolute atomic E-state index is 0.0306. The van der Waals surface area contributed by atoms with Crippen LogP contribution >= 0.6 is 0 Å². The third-order valence-corrected chi connectivity index (χ3v) is 2.91. The smallest absolute Gasteiger partial charge is 0.181 e. The van der Waals surface area contributed by atoms with Crippen molar-refractivity contribution in [1.29, 1.82) is 0 Å². The highest BCUT2D eigenvalue weighted by Crippen LogP contribution is 2.27. The Kier molecular flexibility index (Phi) is 2.76. The number of nitrogens with one attached hydrogen (secondary N) is 1. The number of hydrogen-bond donors (Lipinski definition) is 4. The molecular weight excluding hydrogens is 256 g/mol. The number of phenols is 2. The number of H-pyrrole nitrogens is 1. The molecule has 0 spiro atoms. The predicted molar refractivity (Wildman–Crippen MR) is 75.0 cm³/mol. The van der Waals surface area contributed by atoms with Crippen LogP contribution in [0, 0.1) is 0 Å². The quantitative estimate of drug-likeness (QED) is 0.420. The summed E-state index contributed by atoms with van der Waals surface area (Å²) in [6.45, 7) is 0. The van der Waals surface area contributed by atoms with E-state index in [1.807, 2.05) is 0 Å². The van der Waals surface area contributed by atoms with E-state index in [-0.39, 0.29) is 17.2 Å². The molecule has 0 aliphatic rings. The summed E-state index contributed by atoms with van der Waals surface area (Å²) in [6.07, 6.45) is 0. The number of benzene rings is 2. The van der Waals surface area contributed by atoms with E-state index in [2.05, 4.69) is 15.2 Å². The summed E-state index contributed by atoms with van der Waals surface area (Å²) in [5.74, 6) is 1.30. The van der Waals surface area contributed by atoms with Crippen molar-refractivity contribution in [3.8, 4) is 34.3 Å². The molecule has 0 saturated carbocycles. The SMILES string of the molecule is Nc1cc(-c2n[nH]c(-c3ccc(O)cc3)n2)ccc1O. The Bertz CT molecular complexity index is 750. The highest BCUT2D eigenvalue weighted by Gasteiger charge is 2.09. The summed E-state index contributed by atoms with van der Waals surface area (Å²) >= 11 is 0. The first-order valence-electron chi connectivity index (χ1n) is 5.94. The van der Waals surface area contributed by atoms with Crippen LogP contribution in [0.3, 0.4) is 0 Å². The zero-order valence-corrected chi connectivity index (χ0v) is 10.4. The second-order valence-electron chi connectivity index (χ2n) is 4.33. The van der Waals surface area contributed by atoms with Crippen LogP contribution < -0.4 is 5.73 Å². The summed E-state index contributed by atoms with van der Waals surface area (Å²) in [6, 6.07) is 11.4. The van der Waals surface area contributed by atoms with Crippen molar-refractivity contribution in [2.45, 2.75) is 0 Å². The Balaban J connectivity index is 1.97. The van der Waals surface area contributed by atoms with Crippen molar-refractivity contribution >= 4 is 5.69 Å². The van der Waals surface area contributed by atoms with Gasteiger partial charge < -0.3 is 15.9 Å². The van der Waals surface area contributed by atoms with Gasteiger partial charge in [0.15, 0.2) is 11.6 Å². The molecule has 0 fully saturated rings. The lowest BCUT2D eigenvalue weighted by Crippen LogP contribution is -1.88. The molecule has 20 heavy (non-hydrogen) atoms. The van der Waals surface area contributed by atoms with Gasteiger partial charge in [0.1, 0.15) is 11.5 Å². The number of hydrogen-bond acceptors (Lipinski definition) is 5. The van der Waals surface area contributed by atoms with E-state index in [0.29, 0.717) is 17.2 Å². The Morgan fingerprint density at radius 3 is 2.35 bits per heavy atom. The lowest BCUT2D eigenvalue weighted by atomic mass is 10.2. The van der Waals surface area contributed by atoms with Crippen LogP contribution in [0.5, 0.6) is 11.5 Å². The predicted octanol–water partition coefficient (Wildman–Crippen LogP) is 2.13. The van der Waals surface area contributed by atoms with Gasteiger partial charge in [-0.1, -0.05) is 0 Å². The summed E-state index contributed by atoms with van der Waals surface area (Å²) in [7, 11) is 0. The Morgan fingerprint density at radius 2 is 1.65 bits per heavy atom. The molecule has 0 atom stereocenters. The zero-order valence-electron chi connectivity index (χ0n) is 10.4. The molecule has 0 radical (unpaired) electrons. The largest absolute Gasteiger partial charge is 0.508 e. The van der Waals surface area contributed by atoms with Gasteiger partial charge in [0.2, 0.25) is 0 Å². The Hall–Kier alpha value is -3.02. The molecule has 3 rings (SSSR count). The topological polar surface area (TPSA) is 108 Å². The van der Waals surface area contributed by atoms with E-state index in [1.165, 1.54) is 6.07 Å². The molecule has 0 saturated heterocycles. The van der Waals surface area contributed by atoms with Crippen molar-refractivity contribution in [3.63, 3.8) is 0 Å². The number of nitrogen functional groups attached to an aromatic ring is 1. The van der Waals surface area contributed by atoms with E-state index < -0.39 is 0 Å². The van der Waals surface area contributed by atoms with E-state index in [4.69, 9.17) is 5.73 Å². The highest BCUT2D eigenvalue weighted by molar-refractivity contribution is 5.67. The molecule has 0 unspecified atom stereocenters. The van der Waals surface area contributed by atoms with Gasteiger partial charge in [0.25, 0.3) is 0 Å². The second-order valence-corrected chi connectivity index (χ2v) is 4.33. The number of aromatic amines is 1. The van der Waals surface area contributed by atoms with Crippen LogP contribution in [-0.2, 0) is 0 Å². The maximum Gasteiger partial charge on any atom is 0.181 e. The van der Waals surface area contributed by atoms with Gasteiger partial charge in [-0.15, -0.1) is 0 Å². The van der Waals surface area contributed by atoms with E-state index in [0.717, 1.165) is 5.56 Å². The van der Waals surface area contributed by atoms with Crippen LogP contribution in [-0.4, -0.2) is 25.4 Å². The zero-order chi connectivity index (χ0) is 14.1. The molecule has 3 aromatic rings. The number of aromatic hydroxyl groups is 2. The van der Waals surface area contributed by atoms with Crippen molar-refractivity contribution in [2.75, 3.05) is 5.73 Å². The molecule has 6 heteroatoms. The number of nitrogens with two attached hydrogens (primary N) is 1. The number of nitrogens with zero attached hydrogens (tertiary/aromatic N) is 2. The van der Waals surface area contributed by atoms with Crippen molar-refractivity contribution in [2.24, 2.45) is 0 Å². The fourth-order valence-electron chi connectivity index (χ4n) is 1.83. The third-order valence-electron chi connectivity index (χ3n) is 2.91. The molecule has 0 aliphatic heterocycles. The molecule has 2 aromatic carbocycles. The average molecular weight is 268 g/mol. The first-order valence-corrected chi connectivity index (χ1v) is 5.94. The molecule has 0 bridgehead atoms. The molecular formula is C14H12N4O2. The van der Waals surface area contributed by atoms with E-state index >= 15 is 0 Å². The highest BCUT2D eigenvalue weighted by atomic mass is 16.3. The minimum Gasteiger partial charge on any atom is -0.508 e. The maximum atomic E-state index is 9.40. The Labute approximate surface area is 114 Å². The second kappa shape index (κ2) is 4.58. The van der Waals surface area contributed by atoms with Crippen LogP contribution in [0.1, 0.15) is 0 Å². The van der Waals surface area contributed by atoms with Gasteiger partial charge in [-0.3, -0.25) is 5.10 Å². The summed E-state index contributed by atoms with van der Waals surface area (Å²) in [5, 5.41) is 25.6. The maximum absolute atomic E-state index is 9.40. The molecule has 5 N–H and O–H groups in total. The number of rotatable bonds is 2. The molecule has 1 heterocycles. The van der Waals surface area contributed by atoms with Crippen LogP contribution in [0.2, 0.25) is 0 Å². The molecule has 6 nitrogen and oxygen atoms in total.